The molecular weight excluding hydrogens is 378 g/mol. The van der Waals surface area contributed by atoms with E-state index in [4.69, 9.17) is 0 Å². The average Bonchev–Trinajstić information content (AvgIpc) is 3.23. The number of benzene rings is 1. The number of amides is 1. The van der Waals surface area contributed by atoms with Crippen LogP contribution in [0, 0.1) is 13.8 Å². The van der Waals surface area contributed by atoms with Crippen LogP contribution < -0.4 is 10.2 Å². The van der Waals surface area contributed by atoms with Crippen molar-refractivity contribution in [3.05, 3.63) is 47.5 Å². The summed E-state index contributed by atoms with van der Waals surface area (Å²) in [6.45, 7) is 11.5. The molecule has 0 bridgehead atoms. The van der Waals surface area contributed by atoms with Gasteiger partial charge in [0, 0.05) is 55.4 Å². The van der Waals surface area contributed by atoms with Gasteiger partial charge in [0.15, 0.2) is 0 Å². The van der Waals surface area contributed by atoms with E-state index in [2.05, 4.69) is 49.2 Å². The molecule has 1 amide bonds. The minimum atomic E-state index is -0.00297. The van der Waals surface area contributed by atoms with Crippen LogP contribution in [0.4, 0.5) is 11.4 Å². The van der Waals surface area contributed by atoms with E-state index in [0.717, 1.165) is 55.4 Å². The fourth-order valence-corrected chi connectivity index (χ4v) is 4.06. The van der Waals surface area contributed by atoms with E-state index < -0.39 is 0 Å². The molecule has 8 nitrogen and oxygen atoms in total. The number of likely N-dealkylation sites (N-methyl/N-ethyl adjacent to an activating group) is 1. The number of aromatic nitrogens is 4. The third kappa shape index (κ3) is 4.28. The van der Waals surface area contributed by atoms with Crippen LogP contribution in [0.2, 0.25) is 0 Å². The van der Waals surface area contributed by atoms with E-state index in [1.807, 2.05) is 26.0 Å². The number of carbonyl (C=O) groups is 1. The van der Waals surface area contributed by atoms with Gasteiger partial charge >= 0.3 is 0 Å². The minimum Gasteiger partial charge on any atom is -0.369 e. The van der Waals surface area contributed by atoms with Gasteiger partial charge in [-0.3, -0.25) is 4.79 Å². The summed E-state index contributed by atoms with van der Waals surface area (Å²) in [7, 11) is 0. The molecule has 0 atom stereocenters. The molecule has 3 heterocycles. The second-order valence-electron chi connectivity index (χ2n) is 7.75. The normalized spacial score (nSPS) is 15.0. The van der Waals surface area contributed by atoms with Crippen molar-refractivity contribution in [2.45, 2.75) is 33.6 Å². The highest BCUT2D eigenvalue weighted by atomic mass is 16.1. The molecular formula is C22H29N7O. The van der Waals surface area contributed by atoms with Crippen LogP contribution in [0.25, 0.3) is 5.78 Å². The van der Waals surface area contributed by atoms with Crippen molar-refractivity contribution in [3.63, 3.8) is 0 Å². The van der Waals surface area contributed by atoms with Crippen LogP contribution in [0.15, 0.2) is 30.6 Å². The highest BCUT2D eigenvalue weighted by molar-refractivity contribution is 5.91. The Balaban J connectivity index is 1.33. The topological polar surface area (TPSA) is 78.7 Å². The molecule has 1 fully saturated rings. The lowest BCUT2D eigenvalue weighted by atomic mass is 10.1. The zero-order valence-electron chi connectivity index (χ0n) is 17.9. The maximum absolute atomic E-state index is 12.5. The quantitative estimate of drug-likeness (QED) is 0.676. The predicted molar refractivity (Wildman–Crippen MR) is 118 cm³/mol. The number of carbonyl (C=O) groups excluding carboxylic acids is 1. The molecule has 0 aliphatic carbocycles. The SMILES string of the molecule is CCN1CCN(c2ccc(NC(=O)CCc3c(C)nc4ncnn4c3C)cc2)CC1. The Morgan fingerprint density at radius 3 is 2.53 bits per heavy atom. The van der Waals surface area contributed by atoms with Gasteiger partial charge in [-0.2, -0.15) is 10.1 Å². The van der Waals surface area contributed by atoms with E-state index in [-0.39, 0.29) is 5.91 Å². The summed E-state index contributed by atoms with van der Waals surface area (Å²) >= 11 is 0. The number of rotatable bonds is 6. The van der Waals surface area contributed by atoms with Crippen LogP contribution in [0.5, 0.6) is 0 Å². The summed E-state index contributed by atoms with van der Waals surface area (Å²) in [4.78, 5) is 26.0. The molecule has 8 heteroatoms. The van der Waals surface area contributed by atoms with E-state index in [9.17, 15) is 4.79 Å². The first-order valence-electron chi connectivity index (χ1n) is 10.6. The van der Waals surface area contributed by atoms with Gasteiger partial charge < -0.3 is 15.1 Å². The van der Waals surface area contributed by atoms with Gasteiger partial charge in [0.25, 0.3) is 5.78 Å². The molecule has 1 aliphatic rings. The fourth-order valence-electron chi connectivity index (χ4n) is 4.06. The smallest absolute Gasteiger partial charge is 0.252 e. The lowest BCUT2D eigenvalue weighted by Gasteiger charge is -2.35. The summed E-state index contributed by atoms with van der Waals surface area (Å²) < 4.78 is 1.72. The zero-order chi connectivity index (χ0) is 21.1. The predicted octanol–water partition coefficient (Wildman–Crippen LogP) is 2.45. The van der Waals surface area contributed by atoms with Crippen LogP contribution >= 0.6 is 0 Å². The molecule has 1 aromatic carbocycles. The largest absolute Gasteiger partial charge is 0.369 e. The van der Waals surface area contributed by atoms with Gasteiger partial charge in [-0.05, 0) is 56.6 Å². The lowest BCUT2D eigenvalue weighted by Crippen LogP contribution is -2.46. The summed E-state index contributed by atoms with van der Waals surface area (Å²) in [5, 5.41) is 7.22. The van der Waals surface area contributed by atoms with Crippen molar-refractivity contribution in [2.24, 2.45) is 0 Å². The average molecular weight is 408 g/mol. The third-order valence-electron chi connectivity index (χ3n) is 5.93. The van der Waals surface area contributed by atoms with Crippen molar-refractivity contribution < 1.29 is 4.79 Å². The number of fused-ring (bicyclic) bond motifs is 1. The number of hydrogen-bond donors (Lipinski definition) is 1. The Morgan fingerprint density at radius 1 is 1.10 bits per heavy atom. The number of nitrogens with zero attached hydrogens (tertiary/aromatic N) is 6. The number of aryl methyl sites for hydroxylation is 2. The second-order valence-corrected chi connectivity index (χ2v) is 7.75. The molecule has 1 aliphatic heterocycles. The summed E-state index contributed by atoms with van der Waals surface area (Å²) in [5.74, 6) is 0.589. The van der Waals surface area contributed by atoms with Crippen LogP contribution in [-0.2, 0) is 11.2 Å². The monoisotopic (exact) mass is 407 g/mol. The summed E-state index contributed by atoms with van der Waals surface area (Å²) in [6.07, 6.45) is 2.51. The molecule has 158 valence electrons. The van der Waals surface area contributed by atoms with Crippen molar-refractivity contribution in [1.29, 1.82) is 0 Å². The third-order valence-corrected chi connectivity index (χ3v) is 5.93. The second kappa shape index (κ2) is 8.79. The molecule has 2 aromatic heterocycles. The van der Waals surface area contributed by atoms with E-state index in [0.29, 0.717) is 18.6 Å². The zero-order valence-corrected chi connectivity index (χ0v) is 17.9. The fraction of sp³-hybridized carbons (Fsp3) is 0.455. The van der Waals surface area contributed by atoms with Gasteiger partial charge in [0.2, 0.25) is 5.91 Å². The molecule has 0 saturated carbocycles. The number of anilines is 2. The van der Waals surface area contributed by atoms with E-state index >= 15 is 0 Å². The Morgan fingerprint density at radius 2 is 1.83 bits per heavy atom. The standard InChI is InChI=1S/C22H29N7O/c1-4-27-11-13-28(14-12-27)19-7-5-18(6-8-19)26-21(30)10-9-20-16(2)25-22-23-15-24-29(22)17(20)3/h5-8,15H,4,9-14H2,1-3H3,(H,26,30). The Kier molecular flexibility index (Phi) is 5.94. The highest BCUT2D eigenvalue weighted by Crippen LogP contribution is 2.20. The van der Waals surface area contributed by atoms with Gasteiger partial charge in [0.1, 0.15) is 6.33 Å². The first kappa shape index (κ1) is 20.3. The highest BCUT2D eigenvalue weighted by Gasteiger charge is 2.16. The van der Waals surface area contributed by atoms with E-state index in [1.54, 1.807) is 4.52 Å². The summed E-state index contributed by atoms with van der Waals surface area (Å²) in [6, 6.07) is 8.15. The maximum atomic E-state index is 12.5. The van der Waals surface area contributed by atoms with Gasteiger partial charge in [-0.15, -0.1) is 0 Å². The van der Waals surface area contributed by atoms with Crippen LogP contribution in [0.1, 0.15) is 30.3 Å². The van der Waals surface area contributed by atoms with Crippen molar-refractivity contribution in [3.8, 4) is 0 Å². The molecule has 3 aromatic rings. The van der Waals surface area contributed by atoms with Gasteiger partial charge in [-0.1, -0.05) is 6.92 Å². The molecule has 4 rings (SSSR count). The van der Waals surface area contributed by atoms with E-state index in [1.165, 1.54) is 12.0 Å². The Bertz CT molecular complexity index is 1020. The van der Waals surface area contributed by atoms with Crippen molar-refractivity contribution in [1.82, 2.24) is 24.5 Å². The Labute approximate surface area is 176 Å². The van der Waals surface area contributed by atoms with Gasteiger partial charge in [0.05, 0.1) is 0 Å². The number of hydrogen-bond acceptors (Lipinski definition) is 6. The van der Waals surface area contributed by atoms with Crippen molar-refractivity contribution >= 4 is 23.1 Å². The summed E-state index contributed by atoms with van der Waals surface area (Å²) in [5.41, 5.74) is 4.96. The van der Waals surface area contributed by atoms with Gasteiger partial charge in [-0.25, -0.2) is 9.50 Å². The molecule has 0 spiro atoms. The van der Waals surface area contributed by atoms with Crippen molar-refractivity contribution in [2.75, 3.05) is 42.9 Å². The lowest BCUT2D eigenvalue weighted by molar-refractivity contribution is -0.116. The number of piperazine rings is 1. The first-order valence-corrected chi connectivity index (χ1v) is 10.6. The minimum absolute atomic E-state index is 0.00297. The van der Waals surface area contributed by atoms with Crippen LogP contribution in [-0.4, -0.2) is 63.1 Å². The molecule has 30 heavy (non-hydrogen) atoms. The van der Waals surface area contributed by atoms with Crippen LogP contribution in [0.3, 0.4) is 0 Å². The molecule has 1 N–H and O–H groups in total. The molecule has 0 radical (unpaired) electrons. The molecule has 1 saturated heterocycles. The number of nitrogens with one attached hydrogen (secondary N) is 1. The molecule has 0 unspecified atom stereocenters. The first-order chi connectivity index (χ1) is 14.5. The maximum Gasteiger partial charge on any atom is 0.252 e. The Hall–Kier alpha value is -3.00.